The summed E-state index contributed by atoms with van der Waals surface area (Å²) in [6.45, 7) is 2.07. The Balaban J connectivity index is 2.17. The number of nitrogens with one attached hydrogen (secondary N) is 1. The third-order valence-electron chi connectivity index (χ3n) is 2.53. The molecule has 0 aliphatic carbocycles. The Kier molecular flexibility index (Phi) is 2.73. The molecular weight excluding hydrogens is 320 g/mol. The van der Waals surface area contributed by atoms with Crippen molar-refractivity contribution in [3.63, 3.8) is 0 Å². The van der Waals surface area contributed by atoms with Crippen molar-refractivity contribution < 1.29 is 0 Å². The molecule has 3 rings (SSSR count). The zero-order chi connectivity index (χ0) is 12.0. The summed E-state index contributed by atoms with van der Waals surface area (Å²) in [6.07, 6.45) is 0. The van der Waals surface area contributed by atoms with E-state index < -0.39 is 0 Å². The Morgan fingerprint density at radius 3 is 2.88 bits per heavy atom. The van der Waals surface area contributed by atoms with E-state index in [0.29, 0.717) is 0 Å². The highest BCUT2D eigenvalue weighted by Crippen LogP contribution is 2.34. The number of thiophene rings is 1. The zero-order valence-electron chi connectivity index (χ0n) is 8.92. The summed E-state index contributed by atoms with van der Waals surface area (Å²) in [5.41, 5.74) is 3.13. The highest BCUT2D eigenvalue weighted by Gasteiger charge is 2.09. The van der Waals surface area contributed by atoms with Crippen molar-refractivity contribution in [2.45, 2.75) is 6.92 Å². The van der Waals surface area contributed by atoms with Gasteiger partial charge >= 0.3 is 0 Å². The molecule has 2 nitrogen and oxygen atoms in total. The molecule has 1 aromatic carbocycles. The standard InChI is InChI=1S/C12H8BrClN2S/c1-6-4-10(17-11(6)13)12-15-8-3-2-7(14)5-9(8)16-12/h2-5H,1H3,(H,15,16). The van der Waals surface area contributed by atoms with Gasteiger partial charge in [0, 0.05) is 5.02 Å². The van der Waals surface area contributed by atoms with Crippen LogP contribution in [0.15, 0.2) is 28.1 Å². The maximum Gasteiger partial charge on any atom is 0.148 e. The molecule has 0 atom stereocenters. The van der Waals surface area contributed by atoms with Crippen LogP contribution in [0.4, 0.5) is 0 Å². The molecule has 0 bridgehead atoms. The molecule has 0 saturated carbocycles. The lowest BCUT2D eigenvalue weighted by Gasteiger charge is -1.87. The molecule has 3 aromatic rings. The molecule has 0 radical (unpaired) electrons. The van der Waals surface area contributed by atoms with Crippen LogP contribution in [0.1, 0.15) is 5.56 Å². The van der Waals surface area contributed by atoms with E-state index in [0.717, 1.165) is 30.5 Å². The van der Waals surface area contributed by atoms with Crippen LogP contribution in [0.3, 0.4) is 0 Å². The molecule has 2 aromatic heterocycles. The Morgan fingerprint density at radius 2 is 2.18 bits per heavy atom. The SMILES string of the molecule is Cc1cc(-c2nc3ccc(Cl)cc3[nH]2)sc1Br. The Hall–Kier alpha value is -0.840. The number of benzene rings is 1. The number of hydrogen-bond donors (Lipinski definition) is 1. The van der Waals surface area contributed by atoms with Crippen molar-refractivity contribution in [2.75, 3.05) is 0 Å². The number of fused-ring (bicyclic) bond motifs is 1. The number of aromatic amines is 1. The minimum Gasteiger partial charge on any atom is -0.337 e. The van der Waals surface area contributed by atoms with E-state index in [1.54, 1.807) is 11.3 Å². The molecule has 86 valence electrons. The molecule has 0 fully saturated rings. The van der Waals surface area contributed by atoms with Crippen molar-refractivity contribution >= 4 is 49.9 Å². The van der Waals surface area contributed by atoms with Crippen LogP contribution < -0.4 is 0 Å². The quantitative estimate of drug-likeness (QED) is 0.668. The average molecular weight is 328 g/mol. The van der Waals surface area contributed by atoms with Crippen molar-refractivity contribution in [3.8, 4) is 10.7 Å². The Morgan fingerprint density at radius 1 is 1.35 bits per heavy atom. The second-order valence-electron chi connectivity index (χ2n) is 3.81. The van der Waals surface area contributed by atoms with E-state index in [1.807, 2.05) is 18.2 Å². The number of aromatic nitrogens is 2. The molecule has 2 heterocycles. The second-order valence-corrected chi connectivity index (χ2v) is 6.62. The summed E-state index contributed by atoms with van der Waals surface area (Å²) in [5.74, 6) is 0.890. The summed E-state index contributed by atoms with van der Waals surface area (Å²) in [5, 5.41) is 0.719. The third-order valence-corrected chi connectivity index (χ3v) is 4.91. The van der Waals surface area contributed by atoms with Crippen LogP contribution in [0.2, 0.25) is 5.02 Å². The number of rotatable bonds is 1. The summed E-state index contributed by atoms with van der Waals surface area (Å²) >= 11 is 11.2. The molecule has 1 N–H and O–H groups in total. The predicted molar refractivity (Wildman–Crippen MR) is 76.9 cm³/mol. The lowest BCUT2D eigenvalue weighted by atomic mass is 10.3. The maximum absolute atomic E-state index is 5.95. The van der Waals surface area contributed by atoms with Crippen LogP contribution >= 0.6 is 38.9 Å². The van der Waals surface area contributed by atoms with Gasteiger partial charge in [0.2, 0.25) is 0 Å². The highest BCUT2D eigenvalue weighted by molar-refractivity contribution is 9.11. The van der Waals surface area contributed by atoms with E-state index >= 15 is 0 Å². The first-order valence-corrected chi connectivity index (χ1v) is 7.04. The van der Waals surface area contributed by atoms with E-state index in [4.69, 9.17) is 11.6 Å². The van der Waals surface area contributed by atoms with Gasteiger partial charge in [-0.1, -0.05) is 11.6 Å². The average Bonchev–Trinajstić information content (AvgIpc) is 2.83. The number of imidazole rings is 1. The first kappa shape index (κ1) is 11.3. The van der Waals surface area contributed by atoms with Crippen molar-refractivity contribution in [2.24, 2.45) is 0 Å². The molecule has 5 heteroatoms. The monoisotopic (exact) mass is 326 g/mol. The molecule has 0 aliphatic rings. The van der Waals surface area contributed by atoms with E-state index in [-0.39, 0.29) is 0 Å². The number of nitrogens with zero attached hydrogens (tertiary/aromatic N) is 1. The minimum absolute atomic E-state index is 0.719. The van der Waals surface area contributed by atoms with Gasteiger partial charge in [0.15, 0.2) is 0 Å². The fourth-order valence-corrected chi connectivity index (χ4v) is 3.33. The maximum atomic E-state index is 5.95. The molecule has 0 aliphatic heterocycles. The number of aryl methyl sites for hydroxylation is 1. The van der Waals surface area contributed by atoms with Crippen molar-refractivity contribution in [1.82, 2.24) is 9.97 Å². The number of halogens is 2. The normalized spacial score (nSPS) is 11.2. The van der Waals surface area contributed by atoms with Crippen LogP contribution in [0.25, 0.3) is 21.7 Å². The highest BCUT2D eigenvalue weighted by atomic mass is 79.9. The van der Waals surface area contributed by atoms with Gasteiger partial charge in [0.05, 0.1) is 19.7 Å². The van der Waals surface area contributed by atoms with Gasteiger partial charge in [-0.15, -0.1) is 11.3 Å². The van der Waals surface area contributed by atoms with Gasteiger partial charge < -0.3 is 4.98 Å². The Bertz CT molecular complexity index is 682. The smallest absolute Gasteiger partial charge is 0.148 e. The van der Waals surface area contributed by atoms with E-state index in [1.165, 1.54) is 5.56 Å². The lowest BCUT2D eigenvalue weighted by Crippen LogP contribution is -1.72. The topological polar surface area (TPSA) is 28.7 Å². The van der Waals surface area contributed by atoms with Crippen LogP contribution in [-0.4, -0.2) is 9.97 Å². The van der Waals surface area contributed by atoms with Crippen LogP contribution in [0, 0.1) is 6.92 Å². The van der Waals surface area contributed by atoms with Crippen LogP contribution in [0.5, 0.6) is 0 Å². The minimum atomic E-state index is 0.719. The van der Waals surface area contributed by atoms with Gasteiger partial charge in [-0.2, -0.15) is 0 Å². The lowest BCUT2D eigenvalue weighted by molar-refractivity contribution is 1.35. The Labute approximate surface area is 116 Å². The second kappa shape index (κ2) is 4.12. The molecule has 0 spiro atoms. The first-order chi connectivity index (χ1) is 8.13. The van der Waals surface area contributed by atoms with Gasteiger partial charge in [0.25, 0.3) is 0 Å². The first-order valence-electron chi connectivity index (χ1n) is 5.05. The molecule has 0 saturated heterocycles. The van der Waals surface area contributed by atoms with E-state index in [9.17, 15) is 0 Å². The molecule has 0 amide bonds. The van der Waals surface area contributed by atoms with Crippen molar-refractivity contribution in [1.29, 1.82) is 0 Å². The van der Waals surface area contributed by atoms with Gasteiger partial charge in [-0.25, -0.2) is 4.98 Å². The zero-order valence-corrected chi connectivity index (χ0v) is 12.1. The van der Waals surface area contributed by atoms with Crippen LogP contribution in [-0.2, 0) is 0 Å². The summed E-state index contributed by atoms with van der Waals surface area (Å²) in [4.78, 5) is 8.97. The fourth-order valence-electron chi connectivity index (χ4n) is 1.68. The summed E-state index contributed by atoms with van der Waals surface area (Å²) in [7, 11) is 0. The number of hydrogen-bond acceptors (Lipinski definition) is 2. The third kappa shape index (κ3) is 2.01. The summed E-state index contributed by atoms with van der Waals surface area (Å²) < 4.78 is 1.14. The number of H-pyrrole nitrogens is 1. The van der Waals surface area contributed by atoms with E-state index in [2.05, 4.69) is 38.9 Å². The van der Waals surface area contributed by atoms with Gasteiger partial charge in [-0.3, -0.25) is 0 Å². The predicted octanol–water partition coefficient (Wildman–Crippen LogP) is 5.02. The van der Waals surface area contributed by atoms with Gasteiger partial charge in [0.1, 0.15) is 5.82 Å². The van der Waals surface area contributed by atoms with Crippen molar-refractivity contribution in [3.05, 3.63) is 38.6 Å². The molecule has 17 heavy (non-hydrogen) atoms. The molecule has 0 unspecified atom stereocenters. The van der Waals surface area contributed by atoms with Gasteiger partial charge in [-0.05, 0) is 52.7 Å². The molecular formula is C12H8BrClN2S. The largest absolute Gasteiger partial charge is 0.337 e. The summed E-state index contributed by atoms with van der Waals surface area (Å²) in [6, 6.07) is 7.79. The fraction of sp³-hybridized carbons (Fsp3) is 0.0833.